The first-order valence-corrected chi connectivity index (χ1v) is 5.46. The molecule has 0 aliphatic heterocycles. The van der Waals surface area contributed by atoms with Gasteiger partial charge in [0.05, 0.1) is 0 Å². The number of hydrogen-bond donors (Lipinski definition) is 1. The largest absolute Gasteiger partial charge is 0.179 e. The number of benzene rings is 1. The molecule has 1 aromatic carbocycles. The van der Waals surface area contributed by atoms with Crippen LogP contribution in [0.15, 0.2) is 29.2 Å². The fourth-order valence-electron chi connectivity index (χ4n) is 0.921. The van der Waals surface area contributed by atoms with E-state index >= 15 is 0 Å². The van der Waals surface area contributed by atoms with Crippen LogP contribution in [0.5, 0.6) is 0 Å². The molecule has 0 fully saturated rings. The van der Waals surface area contributed by atoms with Crippen molar-refractivity contribution in [2.45, 2.75) is 11.3 Å². The van der Waals surface area contributed by atoms with E-state index in [4.69, 9.17) is 0 Å². The van der Waals surface area contributed by atoms with Crippen molar-refractivity contribution in [2.75, 3.05) is 12.0 Å². The maximum Gasteiger partial charge on any atom is 0.00693 e. The molecule has 1 rings (SSSR count). The van der Waals surface area contributed by atoms with Crippen LogP contribution < -0.4 is 0 Å². The van der Waals surface area contributed by atoms with Crippen molar-refractivity contribution in [3.05, 3.63) is 29.8 Å². The van der Waals surface area contributed by atoms with E-state index in [1.54, 1.807) is 11.8 Å². The molecule has 0 N–H and O–H groups in total. The zero-order chi connectivity index (χ0) is 8.10. The predicted molar refractivity (Wildman–Crippen MR) is 55.8 cm³/mol. The van der Waals surface area contributed by atoms with E-state index < -0.39 is 0 Å². The van der Waals surface area contributed by atoms with Crippen LogP contribution in [0.2, 0.25) is 0 Å². The highest BCUT2D eigenvalue weighted by Gasteiger charge is 1.91. The first-order chi connectivity index (χ1) is 5.36. The number of thiol groups is 1. The van der Waals surface area contributed by atoms with Gasteiger partial charge in [-0.05, 0) is 36.1 Å². The lowest BCUT2D eigenvalue weighted by atomic mass is 10.2. The van der Waals surface area contributed by atoms with Crippen molar-refractivity contribution in [2.24, 2.45) is 0 Å². The number of aryl methyl sites for hydroxylation is 1. The van der Waals surface area contributed by atoms with Gasteiger partial charge >= 0.3 is 0 Å². The van der Waals surface area contributed by atoms with E-state index in [2.05, 4.69) is 43.2 Å². The second-order valence-electron chi connectivity index (χ2n) is 2.32. The summed E-state index contributed by atoms with van der Waals surface area (Å²) in [6, 6.07) is 8.65. The molecule has 0 bridgehead atoms. The molecule has 0 aliphatic carbocycles. The van der Waals surface area contributed by atoms with Crippen LogP contribution in [0.1, 0.15) is 5.56 Å². The molecule has 0 saturated carbocycles. The summed E-state index contributed by atoms with van der Waals surface area (Å²) in [7, 11) is 0. The highest BCUT2D eigenvalue weighted by molar-refractivity contribution is 7.98. The normalized spacial score (nSPS) is 10.0. The van der Waals surface area contributed by atoms with Gasteiger partial charge in [-0.2, -0.15) is 12.6 Å². The van der Waals surface area contributed by atoms with Crippen LogP contribution in [0.4, 0.5) is 0 Å². The van der Waals surface area contributed by atoms with Gasteiger partial charge in [-0.25, -0.2) is 0 Å². The van der Waals surface area contributed by atoms with Crippen LogP contribution in [0.25, 0.3) is 0 Å². The van der Waals surface area contributed by atoms with Crippen LogP contribution in [0, 0.1) is 0 Å². The molecule has 2 heteroatoms. The molecule has 60 valence electrons. The Bertz CT molecular complexity index is 203. The van der Waals surface area contributed by atoms with Gasteiger partial charge in [-0.15, -0.1) is 11.8 Å². The smallest absolute Gasteiger partial charge is 0.00693 e. The molecule has 0 heterocycles. The molecular formula is C9H12S2. The summed E-state index contributed by atoms with van der Waals surface area (Å²) in [5.41, 5.74) is 1.37. The van der Waals surface area contributed by atoms with Gasteiger partial charge in [0.2, 0.25) is 0 Å². The Morgan fingerprint density at radius 1 is 1.27 bits per heavy atom. The molecule has 0 spiro atoms. The standard InChI is InChI=1S/C9H12S2/c1-11-9-4-2-8(3-5-9)6-7-10/h2-5,10H,6-7H2,1H3. The lowest BCUT2D eigenvalue weighted by molar-refractivity contribution is 1.15. The second kappa shape index (κ2) is 4.73. The first kappa shape index (κ1) is 9.01. The fourth-order valence-corrected chi connectivity index (χ4v) is 1.59. The van der Waals surface area contributed by atoms with Crippen LogP contribution >= 0.6 is 24.4 Å². The number of hydrogen-bond acceptors (Lipinski definition) is 2. The highest BCUT2D eigenvalue weighted by atomic mass is 32.2. The minimum atomic E-state index is 0.929. The van der Waals surface area contributed by atoms with E-state index in [0.29, 0.717) is 0 Å². The topological polar surface area (TPSA) is 0 Å². The van der Waals surface area contributed by atoms with Crippen LogP contribution in [0.3, 0.4) is 0 Å². The summed E-state index contributed by atoms with van der Waals surface area (Å²) in [5, 5.41) is 0. The van der Waals surface area contributed by atoms with E-state index in [9.17, 15) is 0 Å². The summed E-state index contributed by atoms with van der Waals surface area (Å²) >= 11 is 5.95. The summed E-state index contributed by atoms with van der Waals surface area (Å²) < 4.78 is 0. The highest BCUT2D eigenvalue weighted by Crippen LogP contribution is 2.14. The molecule has 1 aromatic rings. The zero-order valence-corrected chi connectivity index (χ0v) is 8.29. The van der Waals surface area contributed by atoms with Gasteiger partial charge in [-0.1, -0.05) is 12.1 Å². The van der Waals surface area contributed by atoms with Crippen molar-refractivity contribution >= 4 is 24.4 Å². The number of thioether (sulfide) groups is 1. The summed E-state index contributed by atoms with van der Waals surface area (Å²) in [6.07, 6.45) is 3.16. The van der Waals surface area contributed by atoms with Crippen molar-refractivity contribution in [3.63, 3.8) is 0 Å². The molecule has 0 amide bonds. The first-order valence-electron chi connectivity index (χ1n) is 3.60. The molecule has 0 saturated heterocycles. The third-order valence-corrected chi connectivity index (χ3v) is 2.53. The molecule has 0 aromatic heterocycles. The van der Waals surface area contributed by atoms with Crippen molar-refractivity contribution in [1.82, 2.24) is 0 Å². The van der Waals surface area contributed by atoms with Gasteiger partial charge in [0.1, 0.15) is 0 Å². The Kier molecular flexibility index (Phi) is 3.87. The quantitative estimate of drug-likeness (QED) is 0.557. The van der Waals surface area contributed by atoms with Crippen molar-refractivity contribution in [1.29, 1.82) is 0 Å². The Balaban J connectivity index is 2.66. The Morgan fingerprint density at radius 3 is 2.36 bits per heavy atom. The third-order valence-electron chi connectivity index (χ3n) is 1.56. The summed E-state index contributed by atoms with van der Waals surface area (Å²) in [6.45, 7) is 0. The maximum absolute atomic E-state index is 4.18. The van der Waals surface area contributed by atoms with Gasteiger partial charge in [0.15, 0.2) is 0 Å². The monoisotopic (exact) mass is 184 g/mol. The Morgan fingerprint density at radius 2 is 1.91 bits per heavy atom. The minimum absolute atomic E-state index is 0.929. The average molecular weight is 184 g/mol. The van der Waals surface area contributed by atoms with Crippen LogP contribution in [-0.2, 0) is 6.42 Å². The van der Waals surface area contributed by atoms with Gasteiger partial charge < -0.3 is 0 Å². The molecular weight excluding hydrogens is 172 g/mol. The number of rotatable bonds is 3. The zero-order valence-electron chi connectivity index (χ0n) is 6.58. The molecule has 11 heavy (non-hydrogen) atoms. The third kappa shape index (κ3) is 2.80. The predicted octanol–water partition coefficient (Wildman–Crippen LogP) is 2.88. The lowest BCUT2D eigenvalue weighted by Gasteiger charge is -1.98. The molecule has 0 aliphatic rings. The van der Waals surface area contributed by atoms with Crippen LogP contribution in [-0.4, -0.2) is 12.0 Å². The summed E-state index contributed by atoms with van der Waals surface area (Å²) in [5.74, 6) is 0.929. The van der Waals surface area contributed by atoms with Gasteiger partial charge in [0, 0.05) is 4.90 Å². The van der Waals surface area contributed by atoms with Gasteiger partial charge in [-0.3, -0.25) is 0 Å². The van der Waals surface area contributed by atoms with Crippen molar-refractivity contribution < 1.29 is 0 Å². The fraction of sp³-hybridized carbons (Fsp3) is 0.333. The molecule has 0 atom stereocenters. The van der Waals surface area contributed by atoms with E-state index in [0.717, 1.165) is 12.2 Å². The average Bonchev–Trinajstić information content (AvgIpc) is 2.07. The van der Waals surface area contributed by atoms with E-state index in [-0.39, 0.29) is 0 Å². The van der Waals surface area contributed by atoms with Gasteiger partial charge in [0.25, 0.3) is 0 Å². The molecule has 0 nitrogen and oxygen atoms in total. The Labute approximate surface area is 77.8 Å². The van der Waals surface area contributed by atoms with Crippen molar-refractivity contribution in [3.8, 4) is 0 Å². The van der Waals surface area contributed by atoms with E-state index in [1.165, 1.54) is 10.5 Å². The SMILES string of the molecule is CSc1ccc(CCS)cc1. The molecule has 0 radical (unpaired) electrons. The van der Waals surface area contributed by atoms with E-state index in [1.807, 2.05) is 0 Å². The second-order valence-corrected chi connectivity index (χ2v) is 3.65. The molecule has 0 unspecified atom stereocenters. The maximum atomic E-state index is 4.18. The summed E-state index contributed by atoms with van der Waals surface area (Å²) in [4.78, 5) is 1.33. The minimum Gasteiger partial charge on any atom is -0.179 e. The lowest BCUT2D eigenvalue weighted by Crippen LogP contribution is -1.84. The Hall–Kier alpha value is -0.0800.